The van der Waals surface area contributed by atoms with Crippen LogP contribution in [-0.4, -0.2) is 24.3 Å². The van der Waals surface area contributed by atoms with E-state index in [1.54, 1.807) is 0 Å². The maximum atomic E-state index is 12.5. The number of nitrogens with zero attached hydrogens (tertiary/aromatic N) is 3. The summed E-state index contributed by atoms with van der Waals surface area (Å²) in [4.78, 5) is 5.68. The van der Waals surface area contributed by atoms with Gasteiger partial charge in [-0.3, -0.25) is 0 Å². The van der Waals surface area contributed by atoms with Gasteiger partial charge >= 0.3 is 0 Å². The van der Waals surface area contributed by atoms with Crippen molar-refractivity contribution in [1.29, 1.82) is 0 Å². The van der Waals surface area contributed by atoms with Gasteiger partial charge in [-0.15, -0.1) is 0 Å². The van der Waals surface area contributed by atoms with Gasteiger partial charge in [-0.25, -0.2) is 4.98 Å². The van der Waals surface area contributed by atoms with Crippen molar-refractivity contribution in [2.75, 3.05) is 0 Å². The smallest absolute Gasteiger partial charge is 0.132 e. The van der Waals surface area contributed by atoms with Gasteiger partial charge in [0.1, 0.15) is 11.5 Å². The van der Waals surface area contributed by atoms with E-state index >= 15 is 0 Å². The molecule has 2 N–H and O–H groups in total. The van der Waals surface area contributed by atoms with Crippen LogP contribution in [0.15, 0.2) is 212 Å². The molecule has 67 heavy (non-hydrogen) atoms. The minimum absolute atomic E-state index is 0. The summed E-state index contributed by atoms with van der Waals surface area (Å²) in [7, 11) is 0. The fourth-order valence-electron chi connectivity index (χ4n) is 9.51. The molecule has 0 spiro atoms. The molecule has 0 atom stereocenters. The van der Waals surface area contributed by atoms with E-state index in [1.807, 2.05) is 97.1 Å². The zero-order chi connectivity index (χ0) is 43.3. The Hall–Kier alpha value is -7.54. The SMILES string of the molecule is Cc1cc(-c2ccccc2)c(O)c(-c2c(-c3cccc(-c4c(-c5cc(C)cc(-c6ccccc6)c5O)n(-c5ccccc5)c5ccccc45)n3)c3ccccc3n2-c2ccccc2)c1.[CH3-].[CH3-].[Hf]. The van der Waals surface area contributed by atoms with Gasteiger partial charge in [-0.2, -0.15) is 0 Å². The number of hydrogen-bond acceptors (Lipinski definition) is 3. The zero-order valence-corrected chi connectivity index (χ0v) is 41.5. The Morgan fingerprint density at radius 2 is 0.701 bits per heavy atom. The van der Waals surface area contributed by atoms with Crippen LogP contribution in [0, 0.1) is 28.7 Å². The summed E-state index contributed by atoms with van der Waals surface area (Å²) in [5.41, 5.74) is 15.8. The number of para-hydroxylation sites is 4. The number of hydrogen-bond donors (Lipinski definition) is 2. The van der Waals surface area contributed by atoms with Crippen molar-refractivity contribution in [1.82, 2.24) is 14.1 Å². The number of phenols is 2. The van der Waals surface area contributed by atoms with Crippen LogP contribution in [0.4, 0.5) is 0 Å². The Morgan fingerprint density at radius 1 is 0.373 bits per heavy atom. The standard InChI is InChI=1S/C59H43N3O2.2CH3.Hf/c1-38-34-46(40-20-7-3-8-21-40)58(63)48(36-38)56-54(44-28-15-17-32-52(44)61(56)42-24-11-5-12-25-42)50-30-19-31-51(60-50)55-45-29-16-18-33-53(45)62(43-26-13-6-14-27-43)57(55)49-37-39(2)35-47(59(49)64)41-22-9-4-10-23-41;;;/h3-37,63-64H,1-2H3;2*1H3;/q;2*-1;. The van der Waals surface area contributed by atoms with Crippen LogP contribution in [0.5, 0.6) is 11.5 Å². The van der Waals surface area contributed by atoms with E-state index < -0.39 is 0 Å². The minimum Gasteiger partial charge on any atom is -0.507 e. The number of phenolic OH excluding ortho intramolecular Hbond substituents is 2. The summed E-state index contributed by atoms with van der Waals surface area (Å²) in [5.74, 6) is 0.401. The van der Waals surface area contributed by atoms with E-state index in [1.165, 1.54) is 0 Å². The fourth-order valence-corrected chi connectivity index (χ4v) is 9.51. The van der Waals surface area contributed by atoms with Crippen molar-refractivity contribution in [2.24, 2.45) is 0 Å². The summed E-state index contributed by atoms with van der Waals surface area (Å²) in [6.45, 7) is 4.16. The summed E-state index contributed by atoms with van der Waals surface area (Å²) in [6.07, 6.45) is 0. The molecular formula is C61H49HfN3O2-2. The molecule has 0 saturated carbocycles. The Kier molecular flexibility index (Phi) is 13.1. The number of aryl methyl sites for hydroxylation is 2. The Labute approximate surface area is 411 Å². The molecule has 11 aromatic rings. The quantitative estimate of drug-likeness (QED) is 0.118. The van der Waals surface area contributed by atoms with Crippen LogP contribution in [0.1, 0.15) is 11.1 Å². The van der Waals surface area contributed by atoms with Gasteiger partial charge in [0.15, 0.2) is 0 Å². The predicted molar refractivity (Wildman–Crippen MR) is 276 cm³/mol. The van der Waals surface area contributed by atoms with Gasteiger partial charge in [-0.1, -0.05) is 140 Å². The van der Waals surface area contributed by atoms with Crippen LogP contribution in [-0.2, 0) is 25.8 Å². The summed E-state index contributed by atoms with van der Waals surface area (Å²) in [5, 5.41) is 27.0. The summed E-state index contributed by atoms with van der Waals surface area (Å²) in [6, 6.07) is 72.1. The number of aromatic nitrogens is 3. The van der Waals surface area contributed by atoms with Gasteiger partial charge in [0.05, 0.1) is 33.8 Å². The Balaban J connectivity index is 0.00000203. The first kappa shape index (κ1) is 46.0. The molecule has 0 aliphatic heterocycles. The fraction of sp³-hybridized carbons (Fsp3) is 0.0328. The number of benzene rings is 8. The molecule has 6 heteroatoms. The van der Waals surface area contributed by atoms with Crippen molar-refractivity contribution in [3.8, 4) is 90.2 Å². The molecule has 0 saturated heterocycles. The van der Waals surface area contributed by atoms with Crippen LogP contribution >= 0.6 is 0 Å². The maximum Gasteiger partial charge on any atom is 0.132 e. The van der Waals surface area contributed by atoms with Crippen LogP contribution in [0.3, 0.4) is 0 Å². The first-order chi connectivity index (χ1) is 31.4. The first-order valence-corrected chi connectivity index (χ1v) is 21.6. The van der Waals surface area contributed by atoms with Gasteiger partial charge in [0, 0.05) is 81.4 Å². The molecule has 3 heterocycles. The third-order valence-electron chi connectivity index (χ3n) is 12.2. The van der Waals surface area contributed by atoms with Gasteiger partial charge in [-0.05, 0) is 109 Å². The molecule has 11 rings (SSSR count). The second-order valence-corrected chi connectivity index (χ2v) is 16.4. The summed E-state index contributed by atoms with van der Waals surface area (Å²) < 4.78 is 4.51. The summed E-state index contributed by atoms with van der Waals surface area (Å²) >= 11 is 0. The number of rotatable bonds is 8. The van der Waals surface area contributed by atoms with Crippen LogP contribution < -0.4 is 0 Å². The van der Waals surface area contributed by atoms with Crippen molar-refractivity contribution < 1.29 is 36.1 Å². The second-order valence-electron chi connectivity index (χ2n) is 16.4. The van der Waals surface area contributed by atoms with E-state index in [9.17, 15) is 10.2 Å². The van der Waals surface area contributed by atoms with Crippen molar-refractivity contribution in [2.45, 2.75) is 13.8 Å². The number of fused-ring (bicyclic) bond motifs is 2. The topological polar surface area (TPSA) is 63.2 Å². The van der Waals surface area contributed by atoms with Gasteiger partial charge in [0.25, 0.3) is 0 Å². The maximum absolute atomic E-state index is 12.5. The molecule has 0 fully saturated rings. The molecule has 0 aliphatic carbocycles. The van der Waals surface area contributed by atoms with E-state index in [-0.39, 0.29) is 52.2 Å². The molecule has 0 unspecified atom stereocenters. The molecular weight excluding hydrogens is 985 g/mol. The average Bonchev–Trinajstić information content (AvgIpc) is 3.88. The molecule has 0 aliphatic rings. The van der Waals surface area contributed by atoms with Crippen molar-refractivity contribution in [3.05, 3.63) is 238 Å². The molecule has 0 bridgehead atoms. The molecule has 326 valence electrons. The minimum atomic E-state index is 0. The largest absolute Gasteiger partial charge is 0.507 e. The Morgan fingerprint density at radius 3 is 1.09 bits per heavy atom. The van der Waals surface area contributed by atoms with Crippen LogP contribution in [0.25, 0.3) is 100 Å². The second kappa shape index (κ2) is 19.1. The molecule has 3 aromatic heterocycles. The van der Waals surface area contributed by atoms with Crippen molar-refractivity contribution in [3.63, 3.8) is 0 Å². The van der Waals surface area contributed by atoms with Gasteiger partial charge < -0.3 is 34.2 Å². The zero-order valence-electron chi connectivity index (χ0n) is 37.9. The molecule has 0 radical (unpaired) electrons. The van der Waals surface area contributed by atoms with Gasteiger partial charge in [0.2, 0.25) is 0 Å². The molecule has 5 nitrogen and oxygen atoms in total. The van der Waals surface area contributed by atoms with E-state index in [0.717, 1.165) is 100 Å². The first-order valence-electron chi connectivity index (χ1n) is 21.6. The third-order valence-corrected chi connectivity index (χ3v) is 12.2. The molecule has 0 amide bonds. The molecule has 8 aromatic carbocycles. The Bertz CT molecular complexity index is 3290. The van der Waals surface area contributed by atoms with Crippen LogP contribution in [0.2, 0.25) is 0 Å². The van der Waals surface area contributed by atoms with E-state index in [0.29, 0.717) is 11.1 Å². The average molecular weight is 1030 g/mol. The normalized spacial score (nSPS) is 10.9. The van der Waals surface area contributed by atoms with E-state index in [4.69, 9.17) is 4.98 Å². The van der Waals surface area contributed by atoms with Crippen molar-refractivity contribution >= 4 is 21.8 Å². The predicted octanol–water partition coefficient (Wildman–Crippen LogP) is 15.9. The van der Waals surface area contributed by atoms with E-state index in [2.05, 4.69) is 138 Å². The third kappa shape index (κ3) is 8.02. The monoisotopic (exact) mass is 1040 g/mol. The number of aromatic hydroxyl groups is 2. The number of pyridine rings is 1.